The zero-order valence-corrected chi connectivity index (χ0v) is 15.0. The third-order valence-electron chi connectivity index (χ3n) is 4.49. The van der Waals surface area contributed by atoms with Crippen molar-refractivity contribution in [1.82, 2.24) is 19.7 Å². The Hall–Kier alpha value is -1.73. The normalized spacial score (nSPS) is 16.1. The molecule has 0 radical (unpaired) electrons. The molecule has 1 N–H and O–H groups in total. The second-order valence-corrected chi connectivity index (χ2v) is 7.55. The van der Waals surface area contributed by atoms with E-state index in [4.69, 9.17) is 5.11 Å². The number of carbonyl (C=O) groups is 1. The fraction of sp³-hybridized carbons (Fsp3) is 0.588. The first-order valence-electron chi connectivity index (χ1n) is 8.47. The number of nitrogens with zero attached hydrogens (tertiary/aromatic N) is 4. The number of likely N-dealkylation sites (tertiary alicyclic amines) is 1. The molecule has 0 spiro atoms. The highest BCUT2D eigenvalue weighted by Gasteiger charge is 2.27. The van der Waals surface area contributed by atoms with Crippen molar-refractivity contribution >= 4 is 17.2 Å². The van der Waals surface area contributed by atoms with E-state index in [1.54, 1.807) is 12.4 Å². The molecule has 7 heteroatoms. The summed E-state index contributed by atoms with van der Waals surface area (Å²) in [4.78, 5) is 19.7. The number of hydrogen-bond donors (Lipinski definition) is 1. The van der Waals surface area contributed by atoms with E-state index in [9.17, 15) is 4.79 Å². The summed E-state index contributed by atoms with van der Waals surface area (Å²) in [6.45, 7) is 6.31. The number of aliphatic hydroxyl groups is 1. The van der Waals surface area contributed by atoms with Crippen LogP contribution in [0.5, 0.6) is 0 Å². The summed E-state index contributed by atoms with van der Waals surface area (Å²) in [7, 11) is 0. The summed E-state index contributed by atoms with van der Waals surface area (Å²) < 4.78 is 1.88. The van der Waals surface area contributed by atoms with Crippen LogP contribution in [0.4, 0.5) is 0 Å². The molecule has 1 fully saturated rings. The van der Waals surface area contributed by atoms with Gasteiger partial charge in [0.05, 0.1) is 24.4 Å². The van der Waals surface area contributed by atoms with Crippen molar-refractivity contribution in [2.75, 3.05) is 19.7 Å². The third-order valence-corrected chi connectivity index (χ3v) is 5.78. The van der Waals surface area contributed by atoms with Crippen LogP contribution in [-0.2, 0) is 6.54 Å². The highest BCUT2D eigenvalue weighted by molar-refractivity contribution is 7.13. The maximum atomic E-state index is 12.6. The molecule has 0 bridgehead atoms. The largest absolute Gasteiger partial charge is 0.394 e. The van der Waals surface area contributed by atoms with Crippen LogP contribution < -0.4 is 0 Å². The molecule has 3 rings (SSSR count). The molecule has 2 aromatic heterocycles. The second kappa shape index (κ2) is 7.44. The second-order valence-electron chi connectivity index (χ2n) is 6.49. The number of aliphatic hydroxyl groups excluding tert-OH is 1. The minimum atomic E-state index is 0.0928. The van der Waals surface area contributed by atoms with Crippen molar-refractivity contribution < 1.29 is 9.90 Å². The molecule has 2 aromatic rings. The molecule has 0 aromatic carbocycles. The van der Waals surface area contributed by atoms with Gasteiger partial charge in [-0.05, 0) is 18.9 Å². The first-order valence-corrected chi connectivity index (χ1v) is 9.29. The van der Waals surface area contributed by atoms with E-state index in [1.807, 2.05) is 15.6 Å². The van der Waals surface area contributed by atoms with E-state index in [1.165, 1.54) is 11.3 Å². The van der Waals surface area contributed by atoms with Gasteiger partial charge in [0.2, 0.25) is 0 Å². The SMILES string of the molecule is CC(C)c1ncc(C(=O)N2CCC(c3ccnn3CCO)CC2)s1. The van der Waals surface area contributed by atoms with Gasteiger partial charge in [-0.2, -0.15) is 5.10 Å². The minimum Gasteiger partial charge on any atom is -0.394 e. The quantitative estimate of drug-likeness (QED) is 0.901. The lowest BCUT2D eigenvalue weighted by atomic mass is 9.93. The molecule has 1 aliphatic rings. The smallest absolute Gasteiger partial charge is 0.265 e. The van der Waals surface area contributed by atoms with E-state index in [0.29, 0.717) is 18.4 Å². The zero-order chi connectivity index (χ0) is 17.1. The molecule has 6 nitrogen and oxygen atoms in total. The summed E-state index contributed by atoms with van der Waals surface area (Å²) >= 11 is 1.51. The fourth-order valence-corrected chi connectivity index (χ4v) is 4.05. The van der Waals surface area contributed by atoms with Crippen molar-refractivity contribution in [2.45, 2.75) is 45.1 Å². The van der Waals surface area contributed by atoms with Gasteiger partial charge in [0, 0.05) is 36.8 Å². The highest BCUT2D eigenvalue weighted by atomic mass is 32.1. The maximum absolute atomic E-state index is 12.6. The molecule has 24 heavy (non-hydrogen) atoms. The van der Waals surface area contributed by atoms with Crippen molar-refractivity contribution in [3.05, 3.63) is 34.0 Å². The van der Waals surface area contributed by atoms with Gasteiger partial charge in [0.25, 0.3) is 5.91 Å². The monoisotopic (exact) mass is 348 g/mol. The number of hydrogen-bond acceptors (Lipinski definition) is 5. The first kappa shape index (κ1) is 17.1. The first-order chi connectivity index (χ1) is 11.6. The van der Waals surface area contributed by atoms with Gasteiger partial charge < -0.3 is 10.0 Å². The Morgan fingerprint density at radius 3 is 2.79 bits per heavy atom. The number of piperidine rings is 1. The average Bonchev–Trinajstić information content (AvgIpc) is 3.24. The van der Waals surface area contributed by atoms with Crippen LogP contribution in [0.1, 0.15) is 58.9 Å². The molecule has 0 aliphatic carbocycles. The van der Waals surface area contributed by atoms with Gasteiger partial charge in [-0.1, -0.05) is 13.8 Å². The molecule has 1 amide bonds. The van der Waals surface area contributed by atoms with Crippen LogP contribution in [0.3, 0.4) is 0 Å². The lowest BCUT2D eigenvalue weighted by Gasteiger charge is -2.32. The Balaban J connectivity index is 1.62. The van der Waals surface area contributed by atoms with Crippen molar-refractivity contribution in [3.63, 3.8) is 0 Å². The molecule has 1 aliphatic heterocycles. The average molecular weight is 348 g/mol. The zero-order valence-electron chi connectivity index (χ0n) is 14.2. The summed E-state index contributed by atoms with van der Waals surface area (Å²) in [6.07, 6.45) is 5.36. The number of thiazole rings is 1. The van der Waals surface area contributed by atoms with E-state index in [-0.39, 0.29) is 12.5 Å². The van der Waals surface area contributed by atoms with Crippen LogP contribution in [0.15, 0.2) is 18.5 Å². The van der Waals surface area contributed by atoms with Gasteiger partial charge in [-0.3, -0.25) is 9.48 Å². The maximum Gasteiger partial charge on any atom is 0.265 e. The van der Waals surface area contributed by atoms with Gasteiger partial charge in [0.15, 0.2) is 0 Å². The molecule has 130 valence electrons. The molecule has 1 saturated heterocycles. The Morgan fingerprint density at radius 2 is 2.17 bits per heavy atom. The van der Waals surface area contributed by atoms with Crippen LogP contribution in [-0.4, -0.2) is 50.4 Å². The number of amides is 1. The molecule has 0 atom stereocenters. The van der Waals surface area contributed by atoms with Gasteiger partial charge in [-0.15, -0.1) is 11.3 Å². The molecular formula is C17H24N4O2S. The Labute approximate surface area is 146 Å². The third kappa shape index (κ3) is 3.52. The van der Waals surface area contributed by atoms with E-state index in [2.05, 4.69) is 23.9 Å². The standard InChI is InChI=1S/C17H24N4O2S/c1-12(2)16-18-11-15(24-16)17(23)20-7-4-13(5-8-20)14-3-6-19-21(14)9-10-22/h3,6,11-13,22H,4-5,7-10H2,1-2H3. The molecular weight excluding hydrogens is 324 g/mol. The van der Waals surface area contributed by atoms with E-state index < -0.39 is 0 Å². The minimum absolute atomic E-state index is 0.0928. The Kier molecular flexibility index (Phi) is 5.30. The predicted molar refractivity (Wildman–Crippen MR) is 93.4 cm³/mol. The molecule has 0 saturated carbocycles. The van der Waals surface area contributed by atoms with Crippen molar-refractivity contribution in [1.29, 1.82) is 0 Å². The van der Waals surface area contributed by atoms with E-state index >= 15 is 0 Å². The van der Waals surface area contributed by atoms with E-state index in [0.717, 1.165) is 41.5 Å². The van der Waals surface area contributed by atoms with Crippen LogP contribution in [0.25, 0.3) is 0 Å². The summed E-state index contributed by atoms with van der Waals surface area (Å²) in [6, 6.07) is 2.02. The Bertz CT molecular complexity index is 686. The van der Waals surface area contributed by atoms with Crippen LogP contribution >= 0.6 is 11.3 Å². The summed E-state index contributed by atoms with van der Waals surface area (Å²) in [5.74, 6) is 0.853. The molecule has 3 heterocycles. The van der Waals surface area contributed by atoms with Gasteiger partial charge >= 0.3 is 0 Å². The van der Waals surface area contributed by atoms with Crippen LogP contribution in [0.2, 0.25) is 0 Å². The van der Waals surface area contributed by atoms with Crippen molar-refractivity contribution in [3.8, 4) is 0 Å². The summed E-state index contributed by atoms with van der Waals surface area (Å²) in [5, 5.41) is 14.4. The topological polar surface area (TPSA) is 71.2 Å². The predicted octanol–water partition coefficient (Wildman–Crippen LogP) is 2.48. The fourth-order valence-electron chi connectivity index (χ4n) is 3.16. The lowest BCUT2D eigenvalue weighted by Crippen LogP contribution is -2.38. The van der Waals surface area contributed by atoms with Crippen LogP contribution in [0, 0.1) is 0 Å². The number of carbonyl (C=O) groups excluding carboxylic acids is 1. The van der Waals surface area contributed by atoms with Gasteiger partial charge in [-0.25, -0.2) is 4.98 Å². The number of aromatic nitrogens is 3. The number of rotatable bonds is 5. The lowest BCUT2D eigenvalue weighted by molar-refractivity contribution is 0.0715. The molecule has 0 unspecified atom stereocenters. The highest BCUT2D eigenvalue weighted by Crippen LogP contribution is 2.29. The summed E-state index contributed by atoms with van der Waals surface area (Å²) in [5.41, 5.74) is 1.16. The van der Waals surface area contributed by atoms with Crippen molar-refractivity contribution in [2.24, 2.45) is 0 Å². The Morgan fingerprint density at radius 1 is 1.42 bits per heavy atom. The van der Waals surface area contributed by atoms with Gasteiger partial charge in [0.1, 0.15) is 4.88 Å².